The van der Waals surface area contributed by atoms with Crippen molar-refractivity contribution in [2.24, 2.45) is 0 Å². The first kappa shape index (κ1) is 28.7. The predicted molar refractivity (Wildman–Crippen MR) is 116 cm³/mol. The van der Waals surface area contributed by atoms with Gasteiger partial charge in [-0.1, -0.05) is 0 Å². The maximum atomic E-state index is 14.9. The smallest absolute Gasteiger partial charge is 0.471 e. The molecule has 3 atom stereocenters. The van der Waals surface area contributed by atoms with Crippen molar-refractivity contribution in [3.05, 3.63) is 22.1 Å². The van der Waals surface area contributed by atoms with E-state index in [2.05, 4.69) is 15.0 Å². The van der Waals surface area contributed by atoms with Gasteiger partial charge in [0.25, 0.3) is 5.91 Å². The highest BCUT2D eigenvalue weighted by molar-refractivity contribution is 7.17. The number of nitrogens with zero attached hydrogens (tertiary/aromatic N) is 2. The van der Waals surface area contributed by atoms with Gasteiger partial charge in [-0.3, -0.25) is 9.53 Å². The van der Waals surface area contributed by atoms with E-state index in [1.807, 2.05) is 0 Å². The van der Waals surface area contributed by atoms with E-state index in [9.17, 15) is 40.3 Å². The zero-order chi connectivity index (χ0) is 27.7. The van der Waals surface area contributed by atoms with Gasteiger partial charge in [0.05, 0.1) is 34.5 Å². The number of alkyl halides is 7. The topological polar surface area (TPSA) is 90.0 Å². The summed E-state index contributed by atoms with van der Waals surface area (Å²) < 4.78 is 107. The van der Waals surface area contributed by atoms with E-state index in [1.165, 1.54) is 12.4 Å². The quantitative estimate of drug-likeness (QED) is 0.508. The molecule has 3 rings (SSSR count). The molecule has 0 radical (unpaired) electrons. The highest BCUT2D eigenvalue weighted by atomic mass is 32.1. The third-order valence-corrected chi connectivity index (χ3v) is 6.43. The Kier molecular flexibility index (Phi) is 8.41. The summed E-state index contributed by atoms with van der Waals surface area (Å²) in [7, 11) is 1.30. The number of pyridine rings is 1. The number of aromatic nitrogens is 1. The first-order valence-electron chi connectivity index (χ1n) is 10.8. The average Bonchev–Trinajstić information content (AvgIpc) is 3.20. The molecule has 3 heterocycles. The second kappa shape index (κ2) is 10.8. The Morgan fingerprint density at radius 1 is 1.27 bits per heavy atom. The summed E-state index contributed by atoms with van der Waals surface area (Å²) in [5.41, 5.74) is -1.79. The number of thiophene rings is 1. The van der Waals surface area contributed by atoms with Gasteiger partial charge >= 0.3 is 18.6 Å². The second-order valence-corrected chi connectivity index (χ2v) is 9.06. The molecule has 0 aliphatic carbocycles. The standard InChI is InChI=1S/C21H22F7N3O5S/c1-9(7-34-21(26,27)28)35-19(33)31-5-4-13(12(22)6-31)36-18-10(2)14(20(23,24)25)16-15(30-18)11(8-37-16)17(32)29-3/h8-9,12-13H,4-7H2,1-3H3,(H,29,32)/t9-,12-,13+/m0/s1. The van der Waals surface area contributed by atoms with Crippen molar-refractivity contribution in [2.45, 2.75) is 51.2 Å². The van der Waals surface area contributed by atoms with Crippen molar-refractivity contribution < 1.29 is 54.5 Å². The highest BCUT2D eigenvalue weighted by Gasteiger charge is 2.40. The number of ether oxygens (including phenoxy) is 3. The highest BCUT2D eigenvalue weighted by Crippen LogP contribution is 2.43. The van der Waals surface area contributed by atoms with E-state index in [-0.39, 0.29) is 28.7 Å². The maximum absolute atomic E-state index is 14.9. The Morgan fingerprint density at radius 3 is 2.51 bits per heavy atom. The number of nitrogens with one attached hydrogen (secondary N) is 1. The summed E-state index contributed by atoms with van der Waals surface area (Å²) in [4.78, 5) is 29.3. The molecule has 0 saturated carbocycles. The molecule has 2 amide bonds. The Labute approximate surface area is 209 Å². The summed E-state index contributed by atoms with van der Waals surface area (Å²) in [5.74, 6) is -1.17. The Bertz CT molecular complexity index is 1150. The lowest BCUT2D eigenvalue weighted by Gasteiger charge is -2.34. The number of hydrogen-bond donors (Lipinski definition) is 1. The van der Waals surface area contributed by atoms with Crippen LogP contribution in [0, 0.1) is 6.92 Å². The van der Waals surface area contributed by atoms with Crippen LogP contribution in [0.3, 0.4) is 0 Å². The third-order valence-electron chi connectivity index (χ3n) is 5.44. The number of carbonyl (C=O) groups is 2. The molecule has 1 aliphatic heterocycles. The third kappa shape index (κ3) is 6.71. The van der Waals surface area contributed by atoms with E-state index in [0.717, 1.165) is 18.7 Å². The number of rotatable bonds is 6. The van der Waals surface area contributed by atoms with E-state index < -0.39 is 73.1 Å². The van der Waals surface area contributed by atoms with Crippen LogP contribution in [-0.2, 0) is 15.7 Å². The van der Waals surface area contributed by atoms with Crippen LogP contribution in [0.5, 0.6) is 5.88 Å². The fourth-order valence-corrected chi connectivity index (χ4v) is 4.78. The number of fused-ring (bicyclic) bond motifs is 1. The van der Waals surface area contributed by atoms with Crippen LogP contribution in [0.25, 0.3) is 10.2 Å². The lowest BCUT2D eigenvalue weighted by atomic mass is 10.1. The van der Waals surface area contributed by atoms with Gasteiger partial charge in [-0.2, -0.15) is 13.2 Å². The number of piperidine rings is 1. The Hall–Kier alpha value is -2.88. The Balaban J connectivity index is 1.76. The monoisotopic (exact) mass is 561 g/mol. The number of halogens is 7. The lowest BCUT2D eigenvalue weighted by Crippen LogP contribution is -2.50. The molecular weight excluding hydrogens is 539 g/mol. The van der Waals surface area contributed by atoms with Gasteiger partial charge in [0.1, 0.15) is 12.2 Å². The van der Waals surface area contributed by atoms with Gasteiger partial charge in [0.15, 0.2) is 6.17 Å². The van der Waals surface area contributed by atoms with Crippen molar-refractivity contribution >= 4 is 33.6 Å². The molecular formula is C21H22F7N3O5S. The largest absolute Gasteiger partial charge is 0.522 e. The summed E-state index contributed by atoms with van der Waals surface area (Å²) in [5, 5.41) is 3.55. The van der Waals surface area contributed by atoms with Crippen LogP contribution in [0.4, 0.5) is 35.5 Å². The minimum absolute atomic E-state index is 0.101. The summed E-state index contributed by atoms with van der Waals surface area (Å²) in [6, 6.07) is 0. The van der Waals surface area contributed by atoms with E-state index >= 15 is 0 Å². The van der Waals surface area contributed by atoms with E-state index in [1.54, 1.807) is 0 Å². The van der Waals surface area contributed by atoms with Crippen molar-refractivity contribution in [1.29, 1.82) is 0 Å². The second-order valence-electron chi connectivity index (χ2n) is 8.18. The fraction of sp³-hybridized carbons (Fsp3) is 0.571. The molecule has 1 N–H and O–H groups in total. The number of amides is 2. The molecule has 2 aromatic rings. The average molecular weight is 561 g/mol. The number of hydrogen-bond acceptors (Lipinski definition) is 7. The van der Waals surface area contributed by atoms with Gasteiger partial charge < -0.3 is 19.7 Å². The van der Waals surface area contributed by atoms with Gasteiger partial charge in [0.2, 0.25) is 5.88 Å². The van der Waals surface area contributed by atoms with Crippen LogP contribution >= 0.6 is 11.3 Å². The molecule has 0 unspecified atom stereocenters. The summed E-state index contributed by atoms with van der Waals surface area (Å²) >= 11 is 0.691. The molecule has 1 aliphatic rings. The van der Waals surface area contributed by atoms with E-state index in [0.29, 0.717) is 11.3 Å². The van der Waals surface area contributed by atoms with Crippen LogP contribution < -0.4 is 10.1 Å². The lowest BCUT2D eigenvalue weighted by molar-refractivity contribution is -0.329. The molecule has 1 fully saturated rings. The van der Waals surface area contributed by atoms with Gasteiger partial charge in [-0.25, -0.2) is 14.2 Å². The molecule has 16 heteroatoms. The molecule has 0 spiro atoms. The fourth-order valence-electron chi connectivity index (χ4n) is 3.67. The van der Waals surface area contributed by atoms with E-state index in [4.69, 9.17) is 9.47 Å². The molecule has 37 heavy (non-hydrogen) atoms. The van der Waals surface area contributed by atoms with Crippen molar-refractivity contribution in [1.82, 2.24) is 15.2 Å². The summed E-state index contributed by atoms with van der Waals surface area (Å²) in [6.45, 7) is 0.599. The molecule has 1 saturated heterocycles. The van der Waals surface area contributed by atoms with Crippen LogP contribution in [0.1, 0.15) is 34.8 Å². The minimum atomic E-state index is -4.91. The number of carbonyl (C=O) groups excluding carboxylic acids is 2. The van der Waals surface area contributed by atoms with Crippen molar-refractivity contribution in [3.8, 4) is 5.88 Å². The van der Waals surface area contributed by atoms with Crippen molar-refractivity contribution in [2.75, 3.05) is 26.7 Å². The molecule has 8 nitrogen and oxygen atoms in total. The van der Waals surface area contributed by atoms with Gasteiger partial charge in [-0.15, -0.1) is 24.5 Å². The van der Waals surface area contributed by atoms with Crippen LogP contribution in [0.15, 0.2) is 5.38 Å². The number of likely N-dealkylation sites (tertiary alicyclic amines) is 1. The van der Waals surface area contributed by atoms with Crippen LogP contribution in [-0.4, -0.2) is 73.4 Å². The molecule has 206 valence electrons. The first-order chi connectivity index (χ1) is 17.1. The van der Waals surface area contributed by atoms with Gasteiger partial charge in [-0.05, 0) is 13.8 Å². The first-order valence-corrected chi connectivity index (χ1v) is 11.7. The van der Waals surface area contributed by atoms with Crippen molar-refractivity contribution in [3.63, 3.8) is 0 Å². The predicted octanol–water partition coefficient (Wildman–Crippen LogP) is 4.84. The Morgan fingerprint density at radius 2 is 1.95 bits per heavy atom. The zero-order valence-electron chi connectivity index (χ0n) is 19.6. The summed E-state index contributed by atoms with van der Waals surface area (Å²) in [6.07, 6.45) is -15.4. The van der Waals surface area contributed by atoms with Crippen LogP contribution in [0.2, 0.25) is 0 Å². The molecule has 2 aromatic heterocycles. The minimum Gasteiger partial charge on any atom is -0.471 e. The van der Waals surface area contributed by atoms with Gasteiger partial charge in [0, 0.05) is 31.0 Å². The SMILES string of the molecule is CNC(=O)c1csc2c(C(F)(F)F)c(C)c(O[C@@H]3CCN(C(=O)O[C@@H](C)COC(F)(F)F)C[C@@H]3F)nc12. The normalized spacial score (nSPS) is 19.6. The molecule has 0 bridgehead atoms. The zero-order valence-corrected chi connectivity index (χ0v) is 20.4. The maximum Gasteiger partial charge on any atom is 0.522 e. The molecule has 0 aromatic carbocycles.